The van der Waals surface area contributed by atoms with Gasteiger partial charge in [0.05, 0.1) is 17.3 Å². The molecule has 2 aromatic rings. The Morgan fingerprint density at radius 3 is 2.12 bits per heavy atom. The molecule has 3 rings (SSSR count). The molecule has 0 bridgehead atoms. The van der Waals surface area contributed by atoms with E-state index in [4.69, 9.17) is 0 Å². The second-order valence-corrected chi connectivity index (χ2v) is 5.62. The fourth-order valence-electron chi connectivity index (χ4n) is 2.68. The first-order valence-corrected chi connectivity index (χ1v) is 7.51. The van der Waals surface area contributed by atoms with Gasteiger partial charge in [-0.2, -0.15) is 5.10 Å². The van der Waals surface area contributed by atoms with Gasteiger partial charge in [0, 0.05) is 37.9 Å². The largest absolute Gasteiger partial charge is 0.335 e. The van der Waals surface area contributed by atoms with Gasteiger partial charge in [-0.15, -0.1) is 0 Å². The van der Waals surface area contributed by atoms with Crippen LogP contribution in [0.3, 0.4) is 0 Å². The Morgan fingerprint density at radius 2 is 1.62 bits per heavy atom. The zero-order valence-corrected chi connectivity index (χ0v) is 13.1. The standard InChI is InChI=1S/C16H16F2N4O2/c1-10-13(9-19-20-10)16(24)22-6-4-21(5-7-22)15(23)12-3-2-11(17)8-14(12)18/h2-3,8-9H,4-7H2,1H3,(H,19,20). The Morgan fingerprint density at radius 1 is 1.04 bits per heavy atom. The molecule has 1 saturated heterocycles. The van der Waals surface area contributed by atoms with Gasteiger partial charge < -0.3 is 9.80 Å². The summed E-state index contributed by atoms with van der Waals surface area (Å²) < 4.78 is 26.7. The average molecular weight is 334 g/mol. The molecule has 8 heteroatoms. The fraction of sp³-hybridized carbons (Fsp3) is 0.312. The number of H-pyrrole nitrogens is 1. The Bertz CT molecular complexity index is 782. The normalized spacial score (nSPS) is 14.8. The van der Waals surface area contributed by atoms with E-state index in [1.807, 2.05) is 0 Å². The molecule has 0 unspecified atom stereocenters. The SMILES string of the molecule is Cc1[nH]ncc1C(=O)N1CCN(C(=O)c2ccc(F)cc2F)CC1. The number of carbonyl (C=O) groups is 2. The Kier molecular flexibility index (Phi) is 4.28. The van der Waals surface area contributed by atoms with E-state index in [0.29, 0.717) is 30.4 Å². The third-order valence-corrected chi connectivity index (χ3v) is 4.08. The van der Waals surface area contributed by atoms with Crippen LogP contribution in [0.1, 0.15) is 26.4 Å². The lowest BCUT2D eigenvalue weighted by Gasteiger charge is -2.34. The second kappa shape index (κ2) is 6.38. The molecule has 0 spiro atoms. The number of aromatic amines is 1. The van der Waals surface area contributed by atoms with E-state index >= 15 is 0 Å². The summed E-state index contributed by atoms with van der Waals surface area (Å²) in [7, 11) is 0. The number of hydrogen-bond donors (Lipinski definition) is 1. The molecule has 0 radical (unpaired) electrons. The first-order chi connectivity index (χ1) is 11.5. The molecule has 1 fully saturated rings. The number of aromatic nitrogens is 2. The van der Waals surface area contributed by atoms with E-state index in [0.717, 1.165) is 12.1 Å². The molecule has 0 aliphatic carbocycles. The summed E-state index contributed by atoms with van der Waals surface area (Å²) in [6.45, 7) is 3.03. The topological polar surface area (TPSA) is 69.3 Å². The number of amides is 2. The zero-order chi connectivity index (χ0) is 17.3. The van der Waals surface area contributed by atoms with Crippen molar-refractivity contribution in [2.75, 3.05) is 26.2 Å². The molecule has 2 heterocycles. The summed E-state index contributed by atoms with van der Waals surface area (Å²) >= 11 is 0. The Balaban J connectivity index is 1.65. The smallest absolute Gasteiger partial charge is 0.257 e. The van der Waals surface area contributed by atoms with Crippen LogP contribution >= 0.6 is 0 Å². The van der Waals surface area contributed by atoms with Crippen LogP contribution in [0.4, 0.5) is 8.78 Å². The van der Waals surface area contributed by atoms with Crippen LogP contribution in [-0.4, -0.2) is 58.0 Å². The summed E-state index contributed by atoms with van der Waals surface area (Å²) in [6.07, 6.45) is 1.48. The van der Waals surface area contributed by atoms with E-state index in [9.17, 15) is 18.4 Å². The van der Waals surface area contributed by atoms with E-state index in [-0.39, 0.29) is 24.6 Å². The van der Waals surface area contributed by atoms with Crippen LogP contribution in [-0.2, 0) is 0 Å². The average Bonchev–Trinajstić information content (AvgIpc) is 3.00. The quantitative estimate of drug-likeness (QED) is 0.907. The van der Waals surface area contributed by atoms with E-state index in [1.54, 1.807) is 11.8 Å². The number of halogens is 2. The minimum Gasteiger partial charge on any atom is -0.335 e. The molecule has 1 aromatic carbocycles. The first kappa shape index (κ1) is 16.1. The number of aryl methyl sites for hydroxylation is 1. The molecule has 0 saturated carbocycles. The molecule has 1 aromatic heterocycles. The number of benzene rings is 1. The van der Waals surface area contributed by atoms with Crippen LogP contribution in [0.2, 0.25) is 0 Å². The molecule has 24 heavy (non-hydrogen) atoms. The number of piperazine rings is 1. The first-order valence-electron chi connectivity index (χ1n) is 7.51. The predicted octanol–water partition coefficient (Wildman–Crippen LogP) is 1.59. The van der Waals surface area contributed by atoms with Crippen LogP contribution in [0.25, 0.3) is 0 Å². The van der Waals surface area contributed by atoms with Gasteiger partial charge in [-0.05, 0) is 19.1 Å². The molecule has 1 aliphatic heterocycles. The van der Waals surface area contributed by atoms with Crippen molar-refractivity contribution in [2.24, 2.45) is 0 Å². The van der Waals surface area contributed by atoms with E-state index < -0.39 is 17.5 Å². The van der Waals surface area contributed by atoms with Gasteiger partial charge in [-0.3, -0.25) is 14.7 Å². The van der Waals surface area contributed by atoms with Crippen molar-refractivity contribution < 1.29 is 18.4 Å². The molecule has 0 atom stereocenters. The van der Waals surface area contributed by atoms with Crippen molar-refractivity contribution in [2.45, 2.75) is 6.92 Å². The third kappa shape index (κ3) is 2.99. The zero-order valence-electron chi connectivity index (χ0n) is 13.1. The molecule has 1 N–H and O–H groups in total. The van der Waals surface area contributed by atoms with Gasteiger partial charge in [0.25, 0.3) is 11.8 Å². The molecule has 126 valence electrons. The van der Waals surface area contributed by atoms with E-state index in [1.165, 1.54) is 11.1 Å². The van der Waals surface area contributed by atoms with Crippen molar-refractivity contribution in [1.82, 2.24) is 20.0 Å². The summed E-state index contributed by atoms with van der Waals surface area (Å²) in [5.74, 6) is -2.26. The van der Waals surface area contributed by atoms with Crippen molar-refractivity contribution in [3.8, 4) is 0 Å². The highest BCUT2D eigenvalue weighted by Gasteiger charge is 2.27. The lowest BCUT2D eigenvalue weighted by Crippen LogP contribution is -2.50. The fourth-order valence-corrected chi connectivity index (χ4v) is 2.68. The van der Waals surface area contributed by atoms with E-state index in [2.05, 4.69) is 10.2 Å². The lowest BCUT2D eigenvalue weighted by molar-refractivity contribution is 0.0532. The van der Waals surface area contributed by atoms with Gasteiger partial charge in [-0.25, -0.2) is 8.78 Å². The van der Waals surface area contributed by atoms with Gasteiger partial charge in [0.1, 0.15) is 11.6 Å². The number of hydrogen-bond acceptors (Lipinski definition) is 3. The van der Waals surface area contributed by atoms with Gasteiger partial charge in [0.15, 0.2) is 0 Å². The monoisotopic (exact) mass is 334 g/mol. The molecule has 2 amide bonds. The van der Waals surface area contributed by atoms with Crippen LogP contribution in [0.5, 0.6) is 0 Å². The number of nitrogens with one attached hydrogen (secondary N) is 1. The maximum absolute atomic E-state index is 13.7. The third-order valence-electron chi connectivity index (χ3n) is 4.08. The number of carbonyl (C=O) groups excluding carboxylic acids is 2. The van der Waals surface area contributed by atoms with Crippen molar-refractivity contribution in [1.29, 1.82) is 0 Å². The van der Waals surface area contributed by atoms with Crippen LogP contribution < -0.4 is 0 Å². The summed E-state index contributed by atoms with van der Waals surface area (Å²) in [6, 6.07) is 2.88. The highest BCUT2D eigenvalue weighted by Crippen LogP contribution is 2.15. The highest BCUT2D eigenvalue weighted by atomic mass is 19.1. The molecular formula is C16H16F2N4O2. The maximum Gasteiger partial charge on any atom is 0.257 e. The molecule has 6 nitrogen and oxygen atoms in total. The maximum atomic E-state index is 13.7. The molecule has 1 aliphatic rings. The lowest BCUT2D eigenvalue weighted by atomic mass is 10.1. The van der Waals surface area contributed by atoms with Gasteiger partial charge in [-0.1, -0.05) is 0 Å². The van der Waals surface area contributed by atoms with Crippen molar-refractivity contribution in [3.63, 3.8) is 0 Å². The number of rotatable bonds is 2. The summed E-state index contributed by atoms with van der Waals surface area (Å²) in [5, 5.41) is 6.54. The minimum atomic E-state index is -0.882. The Hall–Kier alpha value is -2.77. The number of nitrogens with zero attached hydrogens (tertiary/aromatic N) is 3. The minimum absolute atomic E-state index is 0.152. The van der Waals surface area contributed by atoms with Crippen molar-refractivity contribution in [3.05, 3.63) is 52.9 Å². The van der Waals surface area contributed by atoms with Gasteiger partial charge >= 0.3 is 0 Å². The van der Waals surface area contributed by atoms with Crippen LogP contribution in [0, 0.1) is 18.6 Å². The predicted molar refractivity (Wildman–Crippen MR) is 81.5 cm³/mol. The van der Waals surface area contributed by atoms with Crippen LogP contribution in [0.15, 0.2) is 24.4 Å². The summed E-state index contributed by atoms with van der Waals surface area (Å²) in [5.41, 5.74) is 1.02. The Labute approximate surface area is 137 Å². The summed E-state index contributed by atoms with van der Waals surface area (Å²) in [4.78, 5) is 27.8. The second-order valence-electron chi connectivity index (χ2n) is 5.62. The van der Waals surface area contributed by atoms with Gasteiger partial charge in [0.2, 0.25) is 0 Å². The highest BCUT2D eigenvalue weighted by molar-refractivity contribution is 5.96. The molecular weight excluding hydrogens is 318 g/mol. The van der Waals surface area contributed by atoms with Crippen molar-refractivity contribution >= 4 is 11.8 Å².